The van der Waals surface area contributed by atoms with Crippen LogP contribution >= 0.6 is 0 Å². The summed E-state index contributed by atoms with van der Waals surface area (Å²) < 4.78 is 0. The second-order valence-electron chi connectivity index (χ2n) is 4.17. The summed E-state index contributed by atoms with van der Waals surface area (Å²) in [5.74, 6) is 1.07. The molecule has 1 heteroatoms. The highest BCUT2D eigenvalue weighted by Gasteiger charge is 2.16. The Bertz CT molecular complexity index is 239. The Morgan fingerprint density at radius 3 is 2.36 bits per heavy atom. The van der Waals surface area contributed by atoms with Crippen molar-refractivity contribution in [2.45, 2.75) is 38.5 Å². The topological polar surface area (TPSA) is 35.0 Å². The molecule has 0 spiro atoms. The smallest absolute Gasteiger partial charge is 0.0279 e. The Hall–Kier alpha value is -0.820. The summed E-state index contributed by atoms with van der Waals surface area (Å²) in [5.41, 5.74) is 1.50. The lowest BCUT2D eigenvalue weighted by atomic mass is 9.81. The first-order valence-corrected chi connectivity index (χ1v) is 5.49. The van der Waals surface area contributed by atoms with Gasteiger partial charge in [-0.3, -0.25) is 0 Å². The molecule has 0 aromatic heterocycles. The van der Waals surface area contributed by atoms with E-state index in [-0.39, 0.29) is 6.15 Å². The van der Waals surface area contributed by atoms with Crippen molar-refractivity contribution in [2.24, 2.45) is 5.92 Å². The van der Waals surface area contributed by atoms with Crippen molar-refractivity contribution < 1.29 is 0 Å². The normalized spacial score (nSPS) is 15.7. The molecule has 0 saturated heterocycles. The molecule has 78 valence electrons. The van der Waals surface area contributed by atoms with Crippen molar-refractivity contribution >= 4 is 0 Å². The predicted octanol–water partition coefficient (Wildman–Crippen LogP) is 3.97. The Labute approximate surface area is 87.1 Å². The maximum absolute atomic E-state index is 2.24. The van der Waals surface area contributed by atoms with Gasteiger partial charge in [0, 0.05) is 0 Å². The molecule has 0 radical (unpaired) electrons. The summed E-state index contributed by atoms with van der Waals surface area (Å²) in [6, 6.07) is 10.8. The summed E-state index contributed by atoms with van der Waals surface area (Å²) in [5, 5.41) is 0. The molecule has 1 aromatic rings. The van der Waals surface area contributed by atoms with Crippen LogP contribution in [0, 0.1) is 5.92 Å². The number of benzene rings is 1. The average molecular weight is 191 g/mol. The third kappa shape index (κ3) is 3.15. The summed E-state index contributed by atoms with van der Waals surface area (Å²) in [7, 11) is 0. The van der Waals surface area contributed by atoms with E-state index in [4.69, 9.17) is 0 Å². The van der Waals surface area contributed by atoms with Gasteiger partial charge in [-0.1, -0.05) is 56.0 Å². The zero-order valence-electron chi connectivity index (χ0n) is 8.91. The third-order valence-electron chi connectivity index (χ3n) is 3.15. The minimum atomic E-state index is 0. The lowest BCUT2D eigenvalue weighted by molar-refractivity contribution is 0.290. The number of aryl methyl sites for hydroxylation is 1. The van der Waals surface area contributed by atoms with Crippen LogP contribution < -0.4 is 6.15 Å². The van der Waals surface area contributed by atoms with Crippen molar-refractivity contribution in [3.8, 4) is 0 Å². The SMILES string of the molecule is N.c1ccc(CCCC2CCC2)cc1. The van der Waals surface area contributed by atoms with E-state index in [2.05, 4.69) is 30.3 Å². The van der Waals surface area contributed by atoms with E-state index in [1.807, 2.05) is 0 Å². The van der Waals surface area contributed by atoms with Crippen LogP contribution in [0.25, 0.3) is 0 Å². The summed E-state index contributed by atoms with van der Waals surface area (Å²) in [6.45, 7) is 0. The van der Waals surface area contributed by atoms with Crippen molar-refractivity contribution in [1.29, 1.82) is 0 Å². The molecule has 1 saturated carbocycles. The molecule has 0 heterocycles. The minimum Gasteiger partial charge on any atom is -0.344 e. The minimum absolute atomic E-state index is 0. The molecule has 14 heavy (non-hydrogen) atoms. The lowest BCUT2D eigenvalue weighted by Crippen LogP contribution is -2.10. The van der Waals surface area contributed by atoms with Crippen LogP contribution in [0.5, 0.6) is 0 Å². The molecule has 0 unspecified atom stereocenters. The van der Waals surface area contributed by atoms with Gasteiger partial charge in [0.05, 0.1) is 0 Å². The fourth-order valence-electron chi connectivity index (χ4n) is 2.02. The maximum Gasteiger partial charge on any atom is -0.0279 e. The monoisotopic (exact) mass is 191 g/mol. The summed E-state index contributed by atoms with van der Waals surface area (Å²) >= 11 is 0. The number of hydrogen-bond acceptors (Lipinski definition) is 1. The van der Waals surface area contributed by atoms with E-state index < -0.39 is 0 Å². The molecule has 0 bridgehead atoms. The van der Waals surface area contributed by atoms with E-state index in [1.54, 1.807) is 0 Å². The Balaban J connectivity index is 0.000000980. The first kappa shape index (κ1) is 11.3. The highest BCUT2D eigenvalue weighted by atomic mass is 14.2. The van der Waals surface area contributed by atoms with Gasteiger partial charge in [0.25, 0.3) is 0 Å². The average Bonchev–Trinajstić information content (AvgIpc) is 2.11. The first-order valence-electron chi connectivity index (χ1n) is 5.49. The standard InChI is InChI=1S/C13H18.H3N/c1-2-6-12(7-3-1)8-4-9-13-10-5-11-13;/h1-3,6-7,13H,4-5,8-11H2;1H3. The van der Waals surface area contributed by atoms with Gasteiger partial charge in [0.1, 0.15) is 0 Å². The molecule has 2 rings (SSSR count). The predicted molar refractivity (Wildman–Crippen MR) is 61.7 cm³/mol. The first-order chi connectivity index (χ1) is 6.45. The van der Waals surface area contributed by atoms with Crippen LogP contribution in [-0.2, 0) is 6.42 Å². The number of hydrogen-bond donors (Lipinski definition) is 1. The summed E-state index contributed by atoms with van der Waals surface area (Å²) in [4.78, 5) is 0. The molecule has 1 fully saturated rings. The van der Waals surface area contributed by atoms with E-state index in [9.17, 15) is 0 Å². The van der Waals surface area contributed by atoms with Crippen LogP contribution in [0.1, 0.15) is 37.7 Å². The second-order valence-corrected chi connectivity index (χ2v) is 4.17. The van der Waals surface area contributed by atoms with E-state index in [1.165, 1.54) is 44.1 Å². The van der Waals surface area contributed by atoms with Gasteiger partial charge >= 0.3 is 0 Å². The Morgan fingerprint density at radius 2 is 1.79 bits per heavy atom. The van der Waals surface area contributed by atoms with Crippen LogP contribution in [0.15, 0.2) is 30.3 Å². The third-order valence-corrected chi connectivity index (χ3v) is 3.15. The molecule has 0 atom stereocenters. The molecule has 1 aliphatic rings. The highest BCUT2D eigenvalue weighted by molar-refractivity contribution is 5.14. The van der Waals surface area contributed by atoms with Crippen molar-refractivity contribution in [3.05, 3.63) is 35.9 Å². The van der Waals surface area contributed by atoms with E-state index >= 15 is 0 Å². The second kappa shape index (κ2) is 5.82. The van der Waals surface area contributed by atoms with Crippen molar-refractivity contribution in [1.82, 2.24) is 6.15 Å². The quantitative estimate of drug-likeness (QED) is 0.767. The van der Waals surface area contributed by atoms with E-state index in [0.717, 1.165) is 5.92 Å². The molecule has 0 amide bonds. The van der Waals surface area contributed by atoms with E-state index in [0.29, 0.717) is 0 Å². The number of rotatable bonds is 4. The Morgan fingerprint density at radius 1 is 1.07 bits per heavy atom. The van der Waals surface area contributed by atoms with Gasteiger partial charge in [0.15, 0.2) is 0 Å². The van der Waals surface area contributed by atoms with Gasteiger partial charge in [-0.15, -0.1) is 0 Å². The van der Waals surface area contributed by atoms with Crippen molar-refractivity contribution in [3.63, 3.8) is 0 Å². The zero-order chi connectivity index (χ0) is 8.93. The van der Waals surface area contributed by atoms with Gasteiger partial charge in [-0.05, 0) is 24.3 Å². The molecular formula is C13H21N. The Kier molecular flexibility index (Phi) is 4.68. The van der Waals surface area contributed by atoms with Crippen LogP contribution in [0.4, 0.5) is 0 Å². The summed E-state index contributed by atoms with van der Waals surface area (Å²) in [6.07, 6.45) is 8.58. The van der Waals surface area contributed by atoms with Gasteiger partial charge in [-0.25, -0.2) is 0 Å². The molecular weight excluding hydrogens is 170 g/mol. The lowest BCUT2D eigenvalue weighted by Gasteiger charge is -2.24. The molecule has 0 aliphatic heterocycles. The fraction of sp³-hybridized carbons (Fsp3) is 0.538. The zero-order valence-corrected chi connectivity index (χ0v) is 8.91. The van der Waals surface area contributed by atoms with Gasteiger partial charge < -0.3 is 6.15 Å². The molecule has 1 nitrogen and oxygen atoms in total. The van der Waals surface area contributed by atoms with Gasteiger partial charge in [0.2, 0.25) is 0 Å². The molecule has 1 aromatic carbocycles. The largest absolute Gasteiger partial charge is 0.344 e. The van der Waals surface area contributed by atoms with Crippen LogP contribution in [-0.4, -0.2) is 0 Å². The fourth-order valence-corrected chi connectivity index (χ4v) is 2.02. The van der Waals surface area contributed by atoms with Crippen molar-refractivity contribution in [2.75, 3.05) is 0 Å². The molecule has 1 aliphatic carbocycles. The van der Waals surface area contributed by atoms with Gasteiger partial charge in [-0.2, -0.15) is 0 Å². The molecule has 3 N–H and O–H groups in total. The van der Waals surface area contributed by atoms with Crippen LogP contribution in [0.2, 0.25) is 0 Å². The van der Waals surface area contributed by atoms with Crippen LogP contribution in [0.3, 0.4) is 0 Å². The highest BCUT2D eigenvalue weighted by Crippen LogP contribution is 2.30. The maximum atomic E-state index is 2.24.